The SMILES string of the molecule is O[C@H](CNCc1cc(Br)ccc1OCc1ccc(F)cc1)c1ccccc1. The summed E-state index contributed by atoms with van der Waals surface area (Å²) in [7, 11) is 0. The maximum atomic E-state index is 13.0. The van der Waals surface area contributed by atoms with Crippen LogP contribution in [-0.4, -0.2) is 11.7 Å². The van der Waals surface area contributed by atoms with E-state index in [4.69, 9.17) is 4.74 Å². The second-order valence-corrected chi connectivity index (χ2v) is 7.14. The Balaban J connectivity index is 1.59. The molecule has 1 atom stereocenters. The molecule has 3 aromatic rings. The Morgan fingerprint density at radius 1 is 1.00 bits per heavy atom. The Morgan fingerprint density at radius 2 is 1.74 bits per heavy atom. The average molecular weight is 430 g/mol. The van der Waals surface area contributed by atoms with E-state index in [2.05, 4.69) is 21.2 Å². The highest BCUT2D eigenvalue weighted by Gasteiger charge is 2.09. The molecule has 0 heterocycles. The standard InChI is InChI=1S/C22H21BrFNO2/c23-19-8-11-22(27-15-16-6-9-20(24)10-7-16)18(12-19)13-25-14-21(26)17-4-2-1-3-5-17/h1-12,21,25-26H,13-15H2/t21-/m1/s1. The fourth-order valence-electron chi connectivity index (χ4n) is 2.71. The molecule has 3 nitrogen and oxygen atoms in total. The quantitative estimate of drug-likeness (QED) is 0.529. The van der Waals surface area contributed by atoms with Crippen molar-refractivity contribution in [3.8, 4) is 5.75 Å². The van der Waals surface area contributed by atoms with Gasteiger partial charge in [-0.1, -0.05) is 58.4 Å². The third-order valence-corrected chi connectivity index (χ3v) is 4.66. The highest BCUT2D eigenvalue weighted by atomic mass is 79.9. The normalized spacial score (nSPS) is 12.0. The third kappa shape index (κ3) is 5.89. The molecule has 0 saturated carbocycles. The molecular formula is C22H21BrFNO2. The van der Waals surface area contributed by atoms with Crippen LogP contribution in [0.5, 0.6) is 5.75 Å². The van der Waals surface area contributed by atoms with Gasteiger partial charge < -0.3 is 15.2 Å². The number of rotatable bonds is 8. The second kappa shape index (κ2) is 9.65. The minimum Gasteiger partial charge on any atom is -0.489 e. The zero-order valence-electron chi connectivity index (χ0n) is 14.7. The summed E-state index contributed by atoms with van der Waals surface area (Å²) in [6.45, 7) is 1.36. The number of hydrogen-bond donors (Lipinski definition) is 2. The lowest BCUT2D eigenvalue weighted by molar-refractivity contribution is 0.174. The van der Waals surface area contributed by atoms with Crippen LogP contribution in [0.2, 0.25) is 0 Å². The Morgan fingerprint density at radius 3 is 2.48 bits per heavy atom. The van der Waals surface area contributed by atoms with Gasteiger partial charge in [0, 0.05) is 23.1 Å². The molecule has 2 N–H and O–H groups in total. The molecule has 0 fully saturated rings. The largest absolute Gasteiger partial charge is 0.489 e. The first-order chi connectivity index (χ1) is 13.1. The molecule has 0 unspecified atom stereocenters. The van der Waals surface area contributed by atoms with E-state index in [1.165, 1.54) is 12.1 Å². The fourth-order valence-corrected chi connectivity index (χ4v) is 3.11. The van der Waals surface area contributed by atoms with Crippen LogP contribution in [0.1, 0.15) is 22.8 Å². The van der Waals surface area contributed by atoms with Crippen LogP contribution in [0.3, 0.4) is 0 Å². The number of hydrogen-bond acceptors (Lipinski definition) is 3. The Bertz CT molecular complexity index is 856. The summed E-state index contributed by atoms with van der Waals surface area (Å²) in [5.74, 6) is 0.494. The maximum absolute atomic E-state index is 13.0. The van der Waals surface area contributed by atoms with E-state index in [-0.39, 0.29) is 5.82 Å². The summed E-state index contributed by atoms with van der Waals surface area (Å²) >= 11 is 3.48. The van der Waals surface area contributed by atoms with Crippen molar-refractivity contribution in [2.24, 2.45) is 0 Å². The van der Waals surface area contributed by atoms with E-state index in [9.17, 15) is 9.50 Å². The molecule has 0 amide bonds. The molecule has 0 radical (unpaired) electrons. The maximum Gasteiger partial charge on any atom is 0.124 e. The first kappa shape index (κ1) is 19.5. The van der Waals surface area contributed by atoms with Crippen LogP contribution in [0.25, 0.3) is 0 Å². The van der Waals surface area contributed by atoms with Crippen LogP contribution in [0, 0.1) is 5.82 Å². The van der Waals surface area contributed by atoms with Gasteiger partial charge in [-0.15, -0.1) is 0 Å². The number of benzene rings is 3. The smallest absolute Gasteiger partial charge is 0.124 e. The Hall–Kier alpha value is -2.21. The minimum absolute atomic E-state index is 0.260. The molecule has 0 spiro atoms. The molecule has 0 aliphatic heterocycles. The van der Waals surface area contributed by atoms with E-state index in [1.54, 1.807) is 12.1 Å². The molecule has 0 aromatic heterocycles. The van der Waals surface area contributed by atoms with Crippen molar-refractivity contribution in [3.63, 3.8) is 0 Å². The van der Waals surface area contributed by atoms with Gasteiger partial charge in [0.25, 0.3) is 0 Å². The van der Waals surface area contributed by atoms with E-state index in [1.807, 2.05) is 48.5 Å². The van der Waals surface area contributed by atoms with Crippen molar-refractivity contribution in [1.82, 2.24) is 5.32 Å². The van der Waals surface area contributed by atoms with E-state index < -0.39 is 6.10 Å². The molecular weight excluding hydrogens is 409 g/mol. The molecule has 5 heteroatoms. The number of aliphatic hydroxyl groups excluding tert-OH is 1. The highest BCUT2D eigenvalue weighted by Crippen LogP contribution is 2.24. The van der Waals surface area contributed by atoms with E-state index in [0.717, 1.165) is 26.9 Å². The Kier molecular flexibility index (Phi) is 6.98. The van der Waals surface area contributed by atoms with Crippen molar-refractivity contribution in [3.05, 3.63) is 99.8 Å². The summed E-state index contributed by atoms with van der Waals surface area (Å²) < 4.78 is 19.9. The van der Waals surface area contributed by atoms with Crippen LogP contribution in [-0.2, 0) is 13.2 Å². The molecule has 140 valence electrons. The first-order valence-electron chi connectivity index (χ1n) is 8.71. The summed E-state index contributed by atoms with van der Waals surface area (Å²) in [5, 5.41) is 13.5. The van der Waals surface area contributed by atoms with Crippen molar-refractivity contribution >= 4 is 15.9 Å². The number of ether oxygens (including phenoxy) is 1. The summed E-state index contributed by atoms with van der Waals surface area (Å²) in [5.41, 5.74) is 2.76. The first-order valence-corrected chi connectivity index (χ1v) is 9.50. The molecule has 0 aliphatic rings. The van der Waals surface area contributed by atoms with E-state index >= 15 is 0 Å². The van der Waals surface area contributed by atoms with Crippen molar-refractivity contribution in [2.75, 3.05) is 6.54 Å². The van der Waals surface area contributed by atoms with Gasteiger partial charge in [-0.2, -0.15) is 0 Å². The number of aliphatic hydroxyl groups is 1. The zero-order chi connectivity index (χ0) is 19.1. The lowest BCUT2D eigenvalue weighted by atomic mass is 10.1. The lowest BCUT2D eigenvalue weighted by Gasteiger charge is -2.15. The molecule has 0 aliphatic carbocycles. The predicted octanol–water partition coefficient (Wildman–Crippen LogP) is 4.99. The van der Waals surface area contributed by atoms with Gasteiger partial charge in [-0.25, -0.2) is 4.39 Å². The lowest BCUT2D eigenvalue weighted by Crippen LogP contribution is -2.21. The summed E-state index contributed by atoms with van der Waals surface area (Å²) in [4.78, 5) is 0. The monoisotopic (exact) mass is 429 g/mol. The topological polar surface area (TPSA) is 41.5 Å². The molecule has 27 heavy (non-hydrogen) atoms. The summed E-state index contributed by atoms with van der Waals surface area (Å²) in [6, 6.07) is 21.6. The van der Waals surface area contributed by atoms with Gasteiger partial charge >= 0.3 is 0 Å². The molecule has 3 aromatic carbocycles. The van der Waals surface area contributed by atoms with Crippen LogP contribution >= 0.6 is 15.9 Å². The van der Waals surface area contributed by atoms with Gasteiger partial charge in [-0.3, -0.25) is 0 Å². The highest BCUT2D eigenvalue weighted by molar-refractivity contribution is 9.10. The summed E-state index contributed by atoms with van der Waals surface area (Å²) in [6.07, 6.45) is -0.568. The minimum atomic E-state index is -0.568. The van der Waals surface area contributed by atoms with Crippen molar-refractivity contribution in [2.45, 2.75) is 19.3 Å². The van der Waals surface area contributed by atoms with Gasteiger partial charge in [0.1, 0.15) is 18.2 Å². The van der Waals surface area contributed by atoms with Gasteiger partial charge in [0.15, 0.2) is 0 Å². The van der Waals surface area contributed by atoms with Gasteiger partial charge in [0.2, 0.25) is 0 Å². The predicted molar refractivity (Wildman–Crippen MR) is 108 cm³/mol. The zero-order valence-corrected chi connectivity index (χ0v) is 16.3. The van der Waals surface area contributed by atoms with Crippen LogP contribution in [0.15, 0.2) is 77.3 Å². The van der Waals surface area contributed by atoms with Crippen LogP contribution < -0.4 is 10.1 Å². The van der Waals surface area contributed by atoms with E-state index in [0.29, 0.717) is 19.7 Å². The van der Waals surface area contributed by atoms with Gasteiger partial charge in [-0.05, 0) is 41.5 Å². The van der Waals surface area contributed by atoms with Crippen molar-refractivity contribution in [1.29, 1.82) is 0 Å². The number of halogens is 2. The van der Waals surface area contributed by atoms with Gasteiger partial charge in [0.05, 0.1) is 6.10 Å². The van der Waals surface area contributed by atoms with Crippen LogP contribution in [0.4, 0.5) is 4.39 Å². The fraction of sp³-hybridized carbons (Fsp3) is 0.182. The third-order valence-electron chi connectivity index (χ3n) is 4.17. The molecule has 3 rings (SSSR count). The number of nitrogens with one attached hydrogen (secondary N) is 1. The Labute approximate surface area is 166 Å². The van der Waals surface area contributed by atoms with Crippen molar-refractivity contribution < 1.29 is 14.2 Å². The molecule has 0 saturated heterocycles. The average Bonchev–Trinajstić information content (AvgIpc) is 2.69. The second-order valence-electron chi connectivity index (χ2n) is 6.22. The molecule has 0 bridgehead atoms.